The van der Waals surface area contributed by atoms with E-state index in [0.29, 0.717) is 12.1 Å². The smallest absolute Gasteiger partial charge is 0.0351 e. The van der Waals surface area contributed by atoms with E-state index in [1.54, 1.807) is 0 Å². The van der Waals surface area contributed by atoms with E-state index in [1.165, 1.54) is 63.6 Å². The zero-order chi connectivity index (χ0) is 14.5. The molecule has 1 aromatic rings. The molecule has 0 radical (unpaired) electrons. The van der Waals surface area contributed by atoms with E-state index >= 15 is 0 Å². The fraction of sp³-hybridized carbons (Fsp3) is 0.684. The van der Waals surface area contributed by atoms with Crippen molar-refractivity contribution in [1.29, 1.82) is 0 Å². The first kappa shape index (κ1) is 15.1. The highest BCUT2D eigenvalue weighted by molar-refractivity contribution is 5.20. The Morgan fingerprint density at radius 1 is 0.952 bits per heavy atom. The number of rotatable bonds is 4. The summed E-state index contributed by atoms with van der Waals surface area (Å²) < 4.78 is 0. The topological polar surface area (TPSA) is 15.3 Å². The standard InChI is InChI=1S/C19H30N2/c1-21-14-12-18(13-15-21)20-19(16-8-4-2-5-9-16)17-10-6-3-7-11-17/h2,4-5,8-9,17-20H,3,6-7,10-15H2,1H3. The quantitative estimate of drug-likeness (QED) is 0.900. The van der Waals surface area contributed by atoms with Crippen molar-refractivity contribution in [3.8, 4) is 0 Å². The third-order valence-corrected chi connectivity index (χ3v) is 5.41. The summed E-state index contributed by atoms with van der Waals surface area (Å²) in [6, 6.07) is 12.4. The second-order valence-corrected chi connectivity index (χ2v) is 7.03. The van der Waals surface area contributed by atoms with Gasteiger partial charge in [0.2, 0.25) is 0 Å². The Hall–Kier alpha value is -0.860. The summed E-state index contributed by atoms with van der Waals surface area (Å²) in [5.74, 6) is 0.834. The van der Waals surface area contributed by atoms with Crippen molar-refractivity contribution < 1.29 is 0 Å². The number of benzene rings is 1. The Morgan fingerprint density at radius 2 is 1.62 bits per heavy atom. The Bertz CT molecular complexity index is 403. The average Bonchev–Trinajstić information content (AvgIpc) is 2.56. The van der Waals surface area contributed by atoms with Crippen LogP contribution < -0.4 is 5.32 Å². The molecule has 0 aromatic heterocycles. The molecule has 1 heterocycles. The first-order valence-electron chi connectivity index (χ1n) is 8.82. The molecular formula is C19H30N2. The van der Waals surface area contributed by atoms with Gasteiger partial charge in [-0.2, -0.15) is 0 Å². The molecule has 1 aliphatic carbocycles. The van der Waals surface area contributed by atoms with E-state index in [1.807, 2.05) is 0 Å². The molecule has 2 heteroatoms. The summed E-state index contributed by atoms with van der Waals surface area (Å²) in [6.07, 6.45) is 9.68. The van der Waals surface area contributed by atoms with Gasteiger partial charge < -0.3 is 10.2 Å². The Balaban J connectivity index is 1.69. The summed E-state index contributed by atoms with van der Waals surface area (Å²) >= 11 is 0. The Morgan fingerprint density at radius 3 is 2.29 bits per heavy atom. The van der Waals surface area contributed by atoms with E-state index in [0.717, 1.165) is 5.92 Å². The summed E-state index contributed by atoms with van der Waals surface area (Å²) in [4.78, 5) is 2.45. The van der Waals surface area contributed by atoms with Crippen LogP contribution in [-0.4, -0.2) is 31.1 Å². The van der Waals surface area contributed by atoms with E-state index < -0.39 is 0 Å². The molecule has 0 amide bonds. The van der Waals surface area contributed by atoms with Crippen LogP contribution >= 0.6 is 0 Å². The van der Waals surface area contributed by atoms with E-state index in [9.17, 15) is 0 Å². The van der Waals surface area contributed by atoms with E-state index in [-0.39, 0.29) is 0 Å². The number of piperidine rings is 1. The van der Waals surface area contributed by atoms with Crippen molar-refractivity contribution in [2.45, 2.75) is 57.0 Å². The van der Waals surface area contributed by atoms with Crippen LogP contribution in [0.15, 0.2) is 30.3 Å². The van der Waals surface area contributed by atoms with Crippen LogP contribution in [0, 0.1) is 5.92 Å². The van der Waals surface area contributed by atoms with E-state index in [4.69, 9.17) is 0 Å². The lowest BCUT2D eigenvalue weighted by molar-refractivity contribution is 0.193. The molecule has 1 aliphatic heterocycles. The first-order chi connectivity index (χ1) is 10.3. The van der Waals surface area contributed by atoms with Gasteiger partial charge in [0.15, 0.2) is 0 Å². The lowest BCUT2D eigenvalue weighted by Crippen LogP contribution is -2.44. The normalized spacial score (nSPS) is 24.0. The lowest BCUT2D eigenvalue weighted by Gasteiger charge is -2.37. The minimum absolute atomic E-state index is 0.569. The zero-order valence-corrected chi connectivity index (χ0v) is 13.4. The van der Waals surface area contributed by atoms with Crippen molar-refractivity contribution in [2.75, 3.05) is 20.1 Å². The van der Waals surface area contributed by atoms with Gasteiger partial charge in [-0.3, -0.25) is 0 Å². The molecule has 0 bridgehead atoms. The van der Waals surface area contributed by atoms with Gasteiger partial charge in [0, 0.05) is 12.1 Å². The maximum atomic E-state index is 4.04. The monoisotopic (exact) mass is 286 g/mol. The molecular weight excluding hydrogens is 256 g/mol. The Kier molecular flexibility index (Phi) is 5.32. The van der Waals surface area contributed by atoms with Gasteiger partial charge in [-0.25, -0.2) is 0 Å². The molecule has 1 atom stereocenters. The summed E-state index contributed by atoms with van der Waals surface area (Å²) in [5.41, 5.74) is 1.50. The van der Waals surface area contributed by atoms with Gasteiger partial charge in [0.25, 0.3) is 0 Å². The average molecular weight is 286 g/mol. The maximum absolute atomic E-state index is 4.04. The molecule has 1 aromatic carbocycles. The minimum Gasteiger partial charge on any atom is -0.307 e. The molecule has 2 aliphatic rings. The maximum Gasteiger partial charge on any atom is 0.0351 e. The van der Waals surface area contributed by atoms with Gasteiger partial charge in [-0.15, -0.1) is 0 Å². The van der Waals surface area contributed by atoms with E-state index in [2.05, 4.69) is 47.6 Å². The molecule has 116 valence electrons. The molecule has 21 heavy (non-hydrogen) atoms. The highest BCUT2D eigenvalue weighted by Crippen LogP contribution is 2.35. The molecule has 3 rings (SSSR count). The first-order valence-corrected chi connectivity index (χ1v) is 8.82. The van der Waals surface area contributed by atoms with Crippen molar-refractivity contribution >= 4 is 0 Å². The fourth-order valence-electron chi connectivity index (χ4n) is 4.06. The predicted molar refractivity (Wildman–Crippen MR) is 89.4 cm³/mol. The minimum atomic E-state index is 0.569. The van der Waals surface area contributed by atoms with Gasteiger partial charge in [-0.05, 0) is 57.3 Å². The second kappa shape index (κ2) is 7.42. The summed E-state index contributed by atoms with van der Waals surface area (Å²) in [6.45, 7) is 2.48. The predicted octanol–water partition coefficient (Wildman–Crippen LogP) is 3.99. The summed E-state index contributed by atoms with van der Waals surface area (Å²) in [5, 5.41) is 4.04. The number of hydrogen-bond donors (Lipinski definition) is 1. The highest BCUT2D eigenvalue weighted by Gasteiger charge is 2.28. The number of hydrogen-bond acceptors (Lipinski definition) is 2. The van der Waals surface area contributed by atoms with Crippen LogP contribution in [0.5, 0.6) is 0 Å². The number of likely N-dealkylation sites (tertiary alicyclic amines) is 1. The Labute approximate surface area is 129 Å². The number of nitrogens with one attached hydrogen (secondary N) is 1. The molecule has 1 saturated carbocycles. The zero-order valence-electron chi connectivity index (χ0n) is 13.4. The molecule has 1 saturated heterocycles. The third kappa shape index (κ3) is 4.08. The largest absolute Gasteiger partial charge is 0.307 e. The van der Waals surface area contributed by atoms with Crippen LogP contribution in [0.3, 0.4) is 0 Å². The number of nitrogens with zero attached hydrogens (tertiary/aromatic N) is 1. The van der Waals surface area contributed by atoms with Crippen molar-refractivity contribution in [1.82, 2.24) is 10.2 Å². The highest BCUT2D eigenvalue weighted by atomic mass is 15.1. The van der Waals surface area contributed by atoms with Crippen LogP contribution in [-0.2, 0) is 0 Å². The lowest BCUT2D eigenvalue weighted by atomic mass is 9.80. The van der Waals surface area contributed by atoms with Crippen molar-refractivity contribution in [2.24, 2.45) is 5.92 Å². The molecule has 2 fully saturated rings. The SMILES string of the molecule is CN1CCC(NC(c2ccccc2)C2CCCCC2)CC1. The summed E-state index contributed by atoms with van der Waals surface area (Å²) in [7, 11) is 2.24. The van der Waals surface area contributed by atoms with Crippen LogP contribution in [0.4, 0.5) is 0 Å². The van der Waals surface area contributed by atoms with Gasteiger partial charge in [0.1, 0.15) is 0 Å². The van der Waals surface area contributed by atoms with Crippen LogP contribution in [0.1, 0.15) is 56.6 Å². The molecule has 1 N–H and O–H groups in total. The molecule has 2 nitrogen and oxygen atoms in total. The van der Waals surface area contributed by atoms with Gasteiger partial charge in [-0.1, -0.05) is 49.6 Å². The fourth-order valence-corrected chi connectivity index (χ4v) is 4.06. The van der Waals surface area contributed by atoms with Gasteiger partial charge in [0.05, 0.1) is 0 Å². The second-order valence-electron chi connectivity index (χ2n) is 7.03. The van der Waals surface area contributed by atoms with Crippen LogP contribution in [0.25, 0.3) is 0 Å². The molecule has 0 spiro atoms. The van der Waals surface area contributed by atoms with Crippen molar-refractivity contribution in [3.63, 3.8) is 0 Å². The van der Waals surface area contributed by atoms with Crippen molar-refractivity contribution in [3.05, 3.63) is 35.9 Å². The van der Waals surface area contributed by atoms with Gasteiger partial charge >= 0.3 is 0 Å². The third-order valence-electron chi connectivity index (χ3n) is 5.41. The molecule has 1 unspecified atom stereocenters. The van der Waals surface area contributed by atoms with Crippen LogP contribution in [0.2, 0.25) is 0 Å².